The number of amides is 1. The highest BCUT2D eigenvalue weighted by molar-refractivity contribution is 7.98. The van der Waals surface area contributed by atoms with E-state index in [4.69, 9.17) is 4.74 Å². The maximum Gasteiger partial charge on any atom is 0.357 e. The van der Waals surface area contributed by atoms with Gasteiger partial charge in [-0.25, -0.2) is 9.78 Å². The van der Waals surface area contributed by atoms with Crippen molar-refractivity contribution in [1.82, 2.24) is 9.55 Å². The van der Waals surface area contributed by atoms with Crippen molar-refractivity contribution in [3.8, 4) is 5.69 Å². The summed E-state index contributed by atoms with van der Waals surface area (Å²) in [5.74, 6) is -0.994. The van der Waals surface area contributed by atoms with E-state index in [-0.39, 0.29) is 11.6 Å². The van der Waals surface area contributed by atoms with Crippen LogP contribution in [0.4, 0.5) is 5.69 Å². The highest BCUT2D eigenvalue weighted by Gasteiger charge is 2.24. The molecule has 0 spiro atoms. The fourth-order valence-electron chi connectivity index (χ4n) is 2.91. The standard InChI is InChI=1S/C22H23N3O3S/c1-14-10-11-18(15(2)12-14)24-20(26)16(3)28-21(27)19-13-23-22(29-4)25(19)17-8-6-5-7-9-17/h5-13,16H,1-4H3,(H,24,26). The second kappa shape index (κ2) is 8.96. The number of esters is 1. The molecule has 2 aromatic carbocycles. The minimum Gasteiger partial charge on any atom is -0.448 e. The maximum absolute atomic E-state index is 12.8. The van der Waals surface area contributed by atoms with Gasteiger partial charge in [0.25, 0.3) is 5.91 Å². The van der Waals surface area contributed by atoms with Gasteiger partial charge in [0.15, 0.2) is 17.0 Å². The van der Waals surface area contributed by atoms with Crippen molar-refractivity contribution in [1.29, 1.82) is 0 Å². The number of rotatable bonds is 6. The molecule has 1 amide bonds. The van der Waals surface area contributed by atoms with Crippen LogP contribution in [-0.2, 0) is 9.53 Å². The molecule has 6 nitrogen and oxygen atoms in total. The summed E-state index contributed by atoms with van der Waals surface area (Å²) >= 11 is 1.42. The van der Waals surface area contributed by atoms with Gasteiger partial charge in [-0.05, 0) is 50.8 Å². The molecule has 3 aromatic rings. The topological polar surface area (TPSA) is 73.2 Å². The van der Waals surface area contributed by atoms with Gasteiger partial charge in [0.2, 0.25) is 0 Å². The highest BCUT2D eigenvalue weighted by Crippen LogP contribution is 2.23. The number of carbonyl (C=O) groups excluding carboxylic acids is 2. The van der Waals surface area contributed by atoms with Crippen LogP contribution in [0.15, 0.2) is 59.9 Å². The summed E-state index contributed by atoms with van der Waals surface area (Å²) in [6.45, 7) is 5.46. The van der Waals surface area contributed by atoms with E-state index >= 15 is 0 Å². The molecule has 0 aliphatic heterocycles. The van der Waals surface area contributed by atoms with Crippen LogP contribution in [0.2, 0.25) is 0 Å². The van der Waals surface area contributed by atoms with Crippen molar-refractivity contribution in [3.63, 3.8) is 0 Å². The monoisotopic (exact) mass is 409 g/mol. The van der Waals surface area contributed by atoms with E-state index in [9.17, 15) is 9.59 Å². The third kappa shape index (κ3) is 4.68. The third-order valence-corrected chi connectivity index (χ3v) is 5.08. The van der Waals surface area contributed by atoms with E-state index in [0.29, 0.717) is 10.8 Å². The van der Waals surface area contributed by atoms with E-state index < -0.39 is 12.1 Å². The largest absolute Gasteiger partial charge is 0.448 e. The quantitative estimate of drug-likeness (QED) is 0.483. The zero-order chi connectivity index (χ0) is 21.0. The van der Waals surface area contributed by atoms with Crippen molar-refractivity contribution in [2.24, 2.45) is 0 Å². The fraction of sp³-hybridized carbons (Fsp3) is 0.227. The minimum atomic E-state index is -0.958. The number of imidazole rings is 1. The number of nitrogens with zero attached hydrogens (tertiary/aromatic N) is 2. The molecule has 1 heterocycles. The molecule has 1 atom stereocenters. The molecule has 0 aliphatic rings. The van der Waals surface area contributed by atoms with E-state index in [1.54, 1.807) is 11.5 Å². The average molecular weight is 410 g/mol. The Morgan fingerprint density at radius 2 is 1.86 bits per heavy atom. The van der Waals surface area contributed by atoms with Crippen LogP contribution in [0.5, 0.6) is 0 Å². The molecule has 0 saturated heterocycles. The second-order valence-corrected chi connectivity index (χ2v) is 7.43. The number of thioether (sulfide) groups is 1. The van der Waals surface area contributed by atoms with Crippen molar-refractivity contribution in [2.45, 2.75) is 32.0 Å². The van der Waals surface area contributed by atoms with E-state index in [1.165, 1.54) is 18.0 Å². The molecular weight excluding hydrogens is 386 g/mol. The Labute approximate surface area is 174 Å². The Balaban J connectivity index is 1.76. The normalized spacial score (nSPS) is 11.7. The van der Waals surface area contributed by atoms with Crippen LogP contribution in [0.25, 0.3) is 5.69 Å². The molecular formula is C22H23N3O3S. The number of hydrogen-bond acceptors (Lipinski definition) is 5. The number of anilines is 1. The van der Waals surface area contributed by atoms with Crippen LogP contribution in [0, 0.1) is 13.8 Å². The molecule has 0 fully saturated rings. The number of aryl methyl sites for hydroxylation is 2. The van der Waals surface area contributed by atoms with Gasteiger partial charge in [0.1, 0.15) is 0 Å². The van der Waals surface area contributed by atoms with Crippen LogP contribution < -0.4 is 5.32 Å². The average Bonchev–Trinajstić information content (AvgIpc) is 3.15. The van der Waals surface area contributed by atoms with Gasteiger partial charge >= 0.3 is 5.97 Å². The first-order valence-electron chi connectivity index (χ1n) is 9.17. The Kier molecular flexibility index (Phi) is 6.39. The van der Waals surface area contributed by atoms with E-state index in [0.717, 1.165) is 16.8 Å². The van der Waals surface area contributed by atoms with Gasteiger partial charge in [-0.2, -0.15) is 0 Å². The summed E-state index contributed by atoms with van der Waals surface area (Å²) in [6, 6.07) is 15.2. The van der Waals surface area contributed by atoms with Crippen LogP contribution >= 0.6 is 11.8 Å². The zero-order valence-corrected chi connectivity index (χ0v) is 17.6. The lowest BCUT2D eigenvalue weighted by atomic mass is 10.1. The third-order valence-electron chi connectivity index (χ3n) is 4.43. The van der Waals surface area contributed by atoms with Gasteiger partial charge in [0.05, 0.1) is 6.20 Å². The Hall–Kier alpha value is -3.06. The zero-order valence-electron chi connectivity index (χ0n) is 16.8. The number of nitrogens with one attached hydrogen (secondary N) is 1. The van der Waals surface area contributed by atoms with Crippen LogP contribution in [0.3, 0.4) is 0 Å². The van der Waals surface area contributed by atoms with Gasteiger partial charge in [-0.3, -0.25) is 9.36 Å². The molecule has 1 aromatic heterocycles. The number of para-hydroxylation sites is 1. The molecule has 29 heavy (non-hydrogen) atoms. The maximum atomic E-state index is 12.8. The lowest BCUT2D eigenvalue weighted by molar-refractivity contribution is -0.123. The smallest absolute Gasteiger partial charge is 0.357 e. The summed E-state index contributed by atoms with van der Waals surface area (Å²) in [5.41, 5.74) is 3.82. The van der Waals surface area contributed by atoms with Crippen molar-refractivity contribution >= 4 is 29.3 Å². The summed E-state index contributed by atoms with van der Waals surface area (Å²) < 4.78 is 7.16. The molecule has 0 saturated carbocycles. The van der Waals surface area contributed by atoms with Gasteiger partial charge in [0, 0.05) is 11.4 Å². The van der Waals surface area contributed by atoms with Gasteiger partial charge in [-0.15, -0.1) is 0 Å². The Morgan fingerprint density at radius 3 is 2.52 bits per heavy atom. The highest BCUT2D eigenvalue weighted by atomic mass is 32.2. The molecule has 7 heteroatoms. The van der Waals surface area contributed by atoms with Gasteiger partial charge in [-0.1, -0.05) is 47.7 Å². The van der Waals surface area contributed by atoms with Gasteiger partial charge < -0.3 is 10.1 Å². The molecule has 1 unspecified atom stereocenters. The predicted molar refractivity (Wildman–Crippen MR) is 115 cm³/mol. The predicted octanol–water partition coefficient (Wildman–Crippen LogP) is 4.40. The lowest BCUT2D eigenvalue weighted by Gasteiger charge is -2.16. The van der Waals surface area contributed by atoms with Crippen LogP contribution in [0.1, 0.15) is 28.5 Å². The van der Waals surface area contributed by atoms with Crippen molar-refractivity contribution < 1.29 is 14.3 Å². The molecule has 150 valence electrons. The molecule has 0 aliphatic carbocycles. The number of hydrogen-bond donors (Lipinski definition) is 1. The number of ether oxygens (including phenoxy) is 1. The molecule has 1 N–H and O–H groups in total. The lowest BCUT2D eigenvalue weighted by Crippen LogP contribution is -2.30. The summed E-state index contributed by atoms with van der Waals surface area (Å²) in [4.78, 5) is 29.6. The first-order valence-corrected chi connectivity index (χ1v) is 10.4. The minimum absolute atomic E-state index is 0.270. The molecule has 0 radical (unpaired) electrons. The Bertz CT molecular complexity index is 1030. The first kappa shape index (κ1) is 20.7. The van der Waals surface area contributed by atoms with Crippen molar-refractivity contribution in [2.75, 3.05) is 11.6 Å². The first-order chi connectivity index (χ1) is 13.9. The number of benzene rings is 2. The van der Waals surface area contributed by atoms with Crippen LogP contribution in [-0.4, -0.2) is 33.8 Å². The number of aromatic nitrogens is 2. The molecule has 0 bridgehead atoms. The Morgan fingerprint density at radius 1 is 1.14 bits per heavy atom. The van der Waals surface area contributed by atoms with E-state index in [1.807, 2.05) is 68.6 Å². The van der Waals surface area contributed by atoms with Crippen molar-refractivity contribution in [3.05, 3.63) is 71.5 Å². The SMILES string of the molecule is CSc1ncc(C(=O)OC(C)C(=O)Nc2ccc(C)cc2C)n1-c1ccccc1. The summed E-state index contributed by atoms with van der Waals surface area (Å²) in [5, 5.41) is 3.48. The summed E-state index contributed by atoms with van der Waals surface area (Å²) in [7, 11) is 0. The summed E-state index contributed by atoms with van der Waals surface area (Å²) in [6.07, 6.45) is 2.40. The fourth-order valence-corrected chi connectivity index (χ4v) is 3.46. The second-order valence-electron chi connectivity index (χ2n) is 6.66. The van der Waals surface area contributed by atoms with E-state index in [2.05, 4.69) is 10.3 Å². The number of carbonyl (C=O) groups is 2. The molecule has 3 rings (SSSR count).